The normalized spacial score (nSPS) is 21.6. The number of aliphatic carboxylic acids is 1. The molecule has 0 aromatic rings. The Morgan fingerprint density at radius 3 is 2.28 bits per heavy atom. The first-order valence-corrected chi connectivity index (χ1v) is 9.73. The molecule has 1 aliphatic heterocycles. The summed E-state index contributed by atoms with van der Waals surface area (Å²) in [5, 5.41) is 33.1. The average Bonchev–Trinajstić information content (AvgIpc) is 3.17. The SMILES string of the molecule is CCC(C)C(NC(=O)C1CCCN1C(=O)C(NC(=O)C(N)CO)C(C)O)C(=O)O. The minimum absolute atomic E-state index is 0.225. The van der Waals surface area contributed by atoms with Gasteiger partial charge in [-0.1, -0.05) is 20.3 Å². The van der Waals surface area contributed by atoms with E-state index in [9.17, 15) is 29.4 Å². The molecule has 0 spiro atoms. The number of likely N-dealkylation sites (tertiary alicyclic amines) is 1. The van der Waals surface area contributed by atoms with Crippen molar-refractivity contribution in [1.29, 1.82) is 0 Å². The number of rotatable bonds is 10. The van der Waals surface area contributed by atoms with E-state index in [1.165, 1.54) is 11.8 Å². The van der Waals surface area contributed by atoms with Crippen molar-refractivity contribution in [3.8, 4) is 0 Å². The van der Waals surface area contributed by atoms with Gasteiger partial charge in [0, 0.05) is 6.54 Å². The number of nitrogens with zero attached hydrogens (tertiary/aromatic N) is 1. The third-order valence-electron chi connectivity index (χ3n) is 5.20. The number of carbonyl (C=O) groups excluding carboxylic acids is 3. The highest BCUT2D eigenvalue weighted by atomic mass is 16.4. The van der Waals surface area contributed by atoms with E-state index in [0.29, 0.717) is 19.3 Å². The molecule has 1 saturated heterocycles. The van der Waals surface area contributed by atoms with Gasteiger partial charge in [0.05, 0.1) is 12.7 Å². The molecule has 1 aliphatic rings. The number of aliphatic hydroxyl groups excluding tert-OH is 2. The second-order valence-electron chi connectivity index (χ2n) is 7.42. The van der Waals surface area contributed by atoms with Crippen LogP contribution in [0.2, 0.25) is 0 Å². The largest absolute Gasteiger partial charge is 0.480 e. The zero-order chi connectivity index (χ0) is 22.3. The monoisotopic (exact) mass is 416 g/mol. The summed E-state index contributed by atoms with van der Waals surface area (Å²) in [6.07, 6.45) is 0.127. The standard InChI is InChI=1S/C18H32N4O7/c1-4-9(2)13(18(28)29)20-16(26)12-6-5-7-22(12)17(27)14(10(3)24)21-15(25)11(19)8-23/h9-14,23-24H,4-8,19H2,1-3H3,(H,20,26)(H,21,25)(H,28,29). The number of carboxylic acid groups (broad SMARTS) is 1. The lowest BCUT2D eigenvalue weighted by atomic mass is 9.98. The summed E-state index contributed by atoms with van der Waals surface area (Å²) in [4.78, 5) is 50.2. The van der Waals surface area contributed by atoms with E-state index in [1.54, 1.807) is 6.92 Å². The van der Waals surface area contributed by atoms with Crippen LogP contribution in [-0.4, -0.2) is 87.3 Å². The number of carbonyl (C=O) groups is 4. The van der Waals surface area contributed by atoms with Gasteiger partial charge in [-0.2, -0.15) is 0 Å². The van der Waals surface area contributed by atoms with Gasteiger partial charge in [-0.3, -0.25) is 14.4 Å². The maximum atomic E-state index is 12.9. The van der Waals surface area contributed by atoms with Gasteiger partial charge >= 0.3 is 5.97 Å². The van der Waals surface area contributed by atoms with Crippen molar-refractivity contribution in [2.24, 2.45) is 11.7 Å². The summed E-state index contributed by atoms with van der Waals surface area (Å²) in [7, 11) is 0. The highest BCUT2D eigenvalue weighted by molar-refractivity contribution is 5.94. The van der Waals surface area contributed by atoms with Crippen LogP contribution in [0.25, 0.3) is 0 Å². The van der Waals surface area contributed by atoms with Crippen LogP contribution < -0.4 is 16.4 Å². The van der Waals surface area contributed by atoms with Crippen molar-refractivity contribution in [3.05, 3.63) is 0 Å². The third-order valence-corrected chi connectivity index (χ3v) is 5.20. The lowest BCUT2D eigenvalue weighted by Crippen LogP contribution is -2.60. The van der Waals surface area contributed by atoms with Gasteiger partial charge in [0.1, 0.15) is 24.2 Å². The zero-order valence-electron chi connectivity index (χ0n) is 17.0. The van der Waals surface area contributed by atoms with Crippen LogP contribution in [0.15, 0.2) is 0 Å². The first-order valence-electron chi connectivity index (χ1n) is 9.73. The summed E-state index contributed by atoms with van der Waals surface area (Å²) in [6, 6.07) is -4.59. The Morgan fingerprint density at radius 2 is 1.79 bits per heavy atom. The van der Waals surface area contributed by atoms with E-state index >= 15 is 0 Å². The van der Waals surface area contributed by atoms with Gasteiger partial charge in [0.2, 0.25) is 17.7 Å². The quantitative estimate of drug-likeness (QED) is 0.231. The predicted molar refractivity (Wildman–Crippen MR) is 102 cm³/mol. The molecule has 1 rings (SSSR count). The van der Waals surface area contributed by atoms with Gasteiger partial charge in [0.15, 0.2) is 0 Å². The topological polar surface area (TPSA) is 182 Å². The number of carboxylic acids is 1. The Morgan fingerprint density at radius 1 is 1.17 bits per heavy atom. The van der Waals surface area contributed by atoms with Crippen molar-refractivity contribution >= 4 is 23.7 Å². The Labute approximate surface area is 169 Å². The second kappa shape index (κ2) is 11.1. The minimum atomic E-state index is -1.35. The van der Waals surface area contributed by atoms with Gasteiger partial charge in [-0.15, -0.1) is 0 Å². The van der Waals surface area contributed by atoms with E-state index < -0.39 is 60.6 Å². The number of amides is 3. The molecular formula is C18H32N4O7. The number of nitrogens with one attached hydrogen (secondary N) is 2. The molecule has 0 aromatic carbocycles. The molecule has 0 radical (unpaired) electrons. The molecular weight excluding hydrogens is 384 g/mol. The lowest BCUT2D eigenvalue weighted by Gasteiger charge is -2.31. The summed E-state index contributed by atoms with van der Waals surface area (Å²) >= 11 is 0. The van der Waals surface area contributed by atoms with Crippen LogP contribution >= 0.6 is 0 Å². The maximum Gasteiger partial charge on any atom is 0.326 e. The molecule has 11 nitrogen and oxygen atoms in total. The molecule has 11 heteroatoms. The maximum absolute atomic E-state index is 12.9. The summed E-state index contributed by atoms with van der Waals surface area (Å²) in [5.41, 5.74) is 5.43. The highest BCUT2D eigenvalue weighted by Crippen LogP contribution is 2.20. The Balaban J connectivity index is 2.94. The molecule has 0 bridgehead atoms. The first kappa shape index (κ1) is 24.8. The van der Waals surface area contributed by atoms with Gasteiger partial charge < -0.3 is 36.6 Å². The van der Waals surface area contributed by atoms with E-state index in [2.05, 4.69) is 10.6 Å². The molecule has 6 atom stereocenters. The van der Waals surface area contributed by atoms with E-state index in [4.69, 9.17) is 10.8 Å². The van der Waals surface area contributed by atoms with Crippen molar-refractivity contribution in [1.82, 2.24) is 15.5 Å². The molecule has 0 aliphatic carbocycles. The van der Waals surface area contributed by atoms with E-state index in [1.807, 2.05) is 6.92 Å². The van der Waals surface area contributed by atoms with Crippen molar-refractivity contribution in [2.75, 3.05) is 13.2 Å². The Bertz CT molecular complexity index is 613. The van der Waals surface area contributed by atoms with Gasteiger partial charge in [-0.25, -0.2) is 4.79 Å². The summed E-state index contributed by atoms with van der Waals surface area (Å²) in [5.74, 6) is -3.53. The number of aliphatic hydroxyl groups is 2. The molecule has 1 fully saturated rings. The molecule has 6 unspecified atom stereocenters. The summed E-state index contributed by atoms with van der Waals surface area (Å²) in [6.45, 7) is 4.42. The zero-order valence-corrected chi connectivity index (χ0v) is 17.0. The first-order chi connectivity index (χ1) is 13.5. The van der Waals surface area contributed by atoms with Crippen molar-refractivity contribution < 1.29 is 34.5 Å². The van der Waals surface area contributed by atoms with E-state index in [0.717, 1.165) is 0 Å². The Kier molecular flexibility index (Phi) is 9.47. The van der Waals surface area contributed by atoms with Crippen molar-refractivity contribution in [3.63, 3.8) is 0 Å². The number of hydrogen-bond acceptors (Lipinski definition) is 7. The van der Waals surface area contributed by atoms with Crippen LogP contribution in [0.1, 0.15) is 40.0 Å². The third kappa shape index (κ3) is 6.38. The van der Waals surface area contributed by atoms with Crippen LogP contribution in [0, 0.1) is 5.92 Å². The lowest BCUT2D eigenvalue weighted by molar-refractivity contribution is -0.147. The number of nitrogens with two attached hydrogens (primary N) is 1. The minimum Gasteiger partial charge on any atom is -0.480 e. The predicted octanol–water partition coefficient (Wildman–Crippen LogP) is -2.22. The smallest absolute Gasteiger partial charge is 0.326 e. The molecule has 0 saturated carbocycles. The fraction of sp³-hybridized carbons (Fsp3) is 0.778. The molecule has 166 valence electrons. The average molecular weight is 416 g/mol. The van der Waals surface area contributed by atoms with Gasteiger partial charge in [-0.05, 0) is 25.7 Å². The van der Waals surface area contributed by atoms with Crippen LogP contribution in [0.4, 0.5) is 0 Å². The summed E-state index contributed by atoms with van der Waals surface area (Å²) < 4.78 is 0. The fourth-order valence-corrected chi connectivity index (χ4v) is 3.15. The highest BCUT2D eigenvalue weighted by Gasteiger charge is 2.40. The second-order valence-corrected chi connectivity index (χ2v) is 7.42. The molecule has 3 amide bonds. The number of hydrogen-bond donors (Lipinski definition) is 6. The molecule has 0 aromatic heterocycles. The van der Waals surface area contributed by atoms with Gasteiger partial charge in [0.25, 0.3) is 0 Å². The fourth-order valence-electron chi connectivity index (χ4n) is 3.15. The van der Waals surface area contributed by atoms with Crippen molar-refractivity contribution in [2.45, 2.75) is 70.3 Å². The van der Waals surface area contributed by atoms with Crippen LogP contribution in [-0.2, 0) is 19.2 Å². The van der Waals surface area contributed by atoms with Crippen LogP contribution in [0.3, 0.4) is 0 Å². The molecule has 7 N–H and O–H groups in total. The molecule has 1 heterocycles. The molecule has 29 heavy (non-hydrogen) atoms. The Hall–Kier alpha value is -2.24. The van der Waals surface area contributed by atoms with E-state index in [-0.39, 0.29) is 12.5 Å². The van der Waals surface area contributed by atoms with Crippen LogP contribution in [0.5, 0.6) is 0 Å².